The van der Waals surface area contributed by atoms with E-state index in [4.69, 9.17) is 5.73 Å². The van der Waals surface area contributed by atoms with E-state index < -0.39 is 0 Å². The molecule has 1 aromatic carbocycles. The lowest BCUT2D eigenvalue weighted by Gasteiger charge is -2.27. The Morgan fingerprint density at radius 2 is 1.96 bits per heavy atom. The molecule has 7 heteroatoms. The Morgan fingerprint density at radius 1 is 1.30 bits per heavy atom. The summed E-state index contributed by atoms with van der Waals surface area (Å²) in [6, 6.07) is 5.33. The Morgan fingerprint density at radius 3 is 2.52 bits per heavy atom. The van der Waals surface area contributed by atoms with E-state index in [1.54, 1.807) is 6.07 Å². The van der Waals surface area contributed by atoms with Gasteiger partial charge in [0, 0.05) is 37.7 Å². The fourth-order valence-corrected chi connectivity index (χ4v) is 3.44. The molecule has 0 saturated carbocycles. The molecule has 4 nitrogen and oxygen atoms in total. The molecule has 23 heavy (non-hydrogen) atoms. The first-order valence-corrected chi connectivity index (χ1v) is 8.97. The Balaban J connectivity index is 0.00000264. The molecule has 1 aliphatic rings. The van der Waals surface area contributed by atoms with E-state index >= 15 is 0 Å². The molecule has 0 aliphatic carbocycles. The van der Waals surface area contributed by atoms with E-state index in [1.165, 1.54) is 0 Å². The highest BCUT2D eigenvalue weighted by molar-refractivity contribution is 14.0. The Kier molecular flexibility index (Phi) is 9.04. The van der Waals surface area contributed by atoms with E-state index in [0.29, 0.717) is 18.2 Å². The molecule has 1 saturated heterocycles. The van der Waals surface area contributed by atoms with Gasteiger partial charge in [0.1, 0.15) is 5.82 Å². The molecule has 0 atom stereocenters. The van der Waals surface area contributed by atoms with Crippen LogP contribution in [0.3, 0.4) is 0 Å². The number of anilines is 1. The van der Waals surface area contributed by atoms with Crippen LogP contribution in [0.2, 0.25) is 0 Å². The fraction of sp³-hybridized carbons (Fsp3) is 0.562. The third kappa shape index (κ3) is 5.70. The molecule has 1 heterocycles. The zero-order valence-corrected chi connectivity index (χ0v) is 16.9. The number of rotatable bonds is 5. The minimum atomic E-state index is -0.190. The van der Waals surface area contributed by atoms with Crippen molar-refractivity contribution in [1.29, 1.82) is 0 Å². The van der Waals surface area contributed by atoms with Crippen molar-refractivity contribution in [2.45, 2.75) is 20.4 Å². The molecule has 130 valence electrons. The minimum absolute atomic E-state index is 0. The number of aliphatic imine (C=N–C) groups is 1. The summed E-state index contributed by atoms with van der Waals surface area (Å²) in [5.74, 6) is 2.55. The monoisotopic (exact) mass is 452 g/mol. The lowest BCUT2D eigenvalue weighted by atomic mass is 10.2. The van der Waals surface area contributed by atoms with Gasteiger partial charge in [-0.3, -0.25) is 0 Å². The summed E-state index contributed by atoms with van der Waals surface area (Å²) in [5, 5.41) is 0. The van der Waals surface area contributed by atoms with Crippen LogP contribution in [0.5, 0.6) is 0 Å². The fourth-order valence-electron chi connectivity index (χ4n) is 2.53. The van der Waals surface area contributed by atoms with Gasteiger partial charge in [-0.1, -0.05) is 6.07 Å². The first-order valence-electron chi connectivity index (χ1n) is 7.81. The van der Waals surface area contributed by atoms with Crippen LogP contribution in [0.15, 0.2) is 23.2 Å². The van der Waals surface area contributed by atoms with Crippen molar-refractivity contribution in [1.82, 2.24) is 4.90 Å². The van der Waals surface area contributed by atoms with Gasteiger partial charge in [0.15, 0.2) is 5.96 Å². The van der Waals surface area contributed by atoms with Gasteiger partial charge in [-0.05, 0) is 31.5 Å². The molecule has 1 aromatic rings. The molecule has 0 radical (unpaired) electrons. The summed E-state index contributed by atoms with van der Waals surface area (Å²) >= 11 is 1.93. The van der Waals surface area contributed by atoms with Crippen molar-refractivity contribution in [2.24, 2.45) is 10.7 Å². The van der Waals surface area contributed by atoms with Gasteiger partial charge in [0.05, 0.1) is 12.2 Å². The number of guanidine groups is 1. The van der Waals surface area contributed by atoms with Crippen LogP contribution in [0, 0.1) is 5.82 Å². The Hall–Kier alpha value is -0.700. The first-order chi connectivity index (χ1) is 10.7. The number of thioether (sulfide) groups is 1. The Bertz CT molecular complexity index is 517. The van der Waals surface area contributed by atoms with Gasteiger partial charge < -0.3 is 15.5 Å². The van der Waals surface area contributed by atoms with E-state index in [0.717, 1.165) is 43.2 Å². The molecular formula is C16H26FIN4S. The third-order valence-electron chi connectivity index (χ3n) is 3.87. The van der Waals surface area contributed by atoms with Crippen molar-refractivity contribution in [3.63, 3.8) is 0 Å². The van der Waals surface area contributed by atoms with Crippen LogP contribution >= 0.6 is 35.7 Å². The second-order valence-electron chi connectivity index (χ2n) is 5.23. The van der Waals surface area contributed by atoms with Crippen LogP contribution in [0.1, 0.15) is 19.4 Å². The molecule has 0 amide bonds. The predicted molar refractivity (Wildman–Crippen MR) is 110 cm³/mol. The maximum absolute atomic E-state index is 14.2. The molecule has 2 rings (SSSR count). The molecule has 1 fully saturated rings. The number of nitrogens with zero attached hydrogens (tertiary/aromatic N) is 3. The second-order valence-corrected chi connectivity index (χ2v) is 6.46. The van der Waals surface area contributed by atoms with Crippen LogP contribution in [-0.4, -0.2) is 48.5 Å². The minimum Gasteiger partial charge on any atom is -0.370 e. The molecule has 0 bridgehead atoms. The highest BCUT2D eigenvalue weighted by Gasteiger charge is 2.12. The van der Waals surface area contributed by atoms with Crippen molar-refractivity contribution < 1.29 is 4.39 Å². The maximum Gasteiger partial charge on any atom is 0.191 e. The van der Waals surface area contributed by atoms with E-state index in [2.05, 4.69) is 9.89 Å². The van der Waals surface area contributed by atoms with Crippen molar-refractivity contribution in [3.05, 3.63) is 29.6 Å². The van der Waals surface area contributed by atoms with Crippen LogP contribution in [-0.2, 0) is 6.54 Å². The highest BCUT2D eigenvalue weighted by atomic mass is 127. The molecule has 0 aromatic heterocycles. The smallest absolute Gasteiger partial charge is 0.191 e. The first kappa shape index (κ1) is 20.3. The molecule has 1 aliphatic heterocycles. The summed E-state index contributed by atoms with van der Waals surface area (Å²) in [7, 11) is 0. The van der Waals surface area contributed by atoms with E-state index in [9.17, 15) is 4.39 Å². The predicted octanol–water partition coefficient (Wildman–Crippen LogP) is 3.15. The zero-order chi connectivity index (χ0) is 15.9. The Labute approximate surface area is 159 Å². The number of halogens is 2. The lowest BCUT2D eigenvalue weighted by molar-refractivity contribution is 0.455. The number of nitrogens with two attached hydrogens (primary N) is 1. The molecular weight excluding hydrogens is 426 g/mol. The average Bonchev–Trinajstić information content (AvgIpc) is 2.56. The average molecular weight is 452 g/mol. The summed E-state index contributed by atoms with van der Waals surface area (Å²) in [4.78, 5) is 8.50. The summed E-state index contributed by atoms with van der Waals surface area (Å²) in [6.07, 6.45) is 0. The largest absolute Gasteiger partial charge is 0.370 e. The van der Waals surface area contributed by atoms with Gasteiger partial charge in [0.25, 0.3) is 0 Å². The van der Waals surface area contributed by atoms with Gasteiger partial charge in [-0.15, -0.1) is 24.0 Å². The maximum atomic E-state index is 14.2. The van der Waals surface area contributed by atoms with Gasteiger partial charge in [0.2, 0.25) is 0 Å². The summed E-state index contributed by atoms with van der Waals surface area (Å²) in [6.45, 7) is 7.95. The number of benzene rings is 1. The topological polar surface area (TPSA) is 44.9 Å². The number of hydrogen-bond donors (Lipinski definition) is 1. The van der Waals surface area contributed by atoms with Gasteiger partial charge in [-0.25, -0.2) is 9.38 Å². The zero-order valence-electron chi connectivity index (χ0n) is 13.8. The SMILES string of the molecule is CCN(CC)c1ccc(CN=C(N)N2CCSCC2)cc1F.I. The summed E-state index contributed by atoms with van der Waals surface area (Å²) in [5.41, 5.74) is 7.52. The van der Waals surface area contributed by atoms with Gasteiger partial charge in [-0.2, -0.15) is 11.8 Å². The summed E-state index contributed by atoms with van der Waals surface area (Å²) < 4.78 is 14.2. The van der Waals surface area contributed by atoms with E-state index in [-0.39, 0.29) is 29.8 Å². The van der Waals surface area contributed by atoms with Crippen molar-refractivity contribution >= 4 is 47.4 Å². The number of hydrogen-bond acceptors (Lipinski definition) is 3. The standard InChI is InChI=1S/C16H25FN4S.HI/c1-3-20(4-2)15-6-5-13(11-14(15)17)12-19-16(18)21-7-9-22-10-8-21;/h5-6,11H,3-4,7-10,12H2,1-2H3,(H2,18,19);1H. The van der Waals surface area contributed by atoms with Crippen molar-refractivity contribution in [2.75, 3.05) is 42.6 Å². The van der Waals surface area contributed by atoms with Crippen LogP contribution < -0.4 is 10.6 Å². The third-order valence-corrected chi connectivity index (χ3v) is 4.82. The van der Waals surface area contributed by atoms with Crippen LogP contribution in [0.25, 0.3) is 0 Å². The van der Waals surface area contributed by atoms with E-state index in [1.807, 2.05) is 42.6 Å². The second kappa shape index (κ2) is 10.2. The highest BCUT2D eigenvalue weighted by Crippen LogP contribution is 2.20. The quantitative estimate of drug-likeness (QED) is 0.424. The van der Waals surface area contributed by atoms with Crippen molar-refractivity contribution in [3.8, 4) is 0 Å². The molecule has 2 N–H and O–H groups in total. The molecule has 0 unspecified atom stereocenters. The normalized spacial score (nSPS) is 15.3. The lowest BCUT2D eigenvalue weighted by Crippen LogP contribution is -2.42. The molecule has 0 spiro atoms. The van der Waals surface area contributed by atoms with Gasteiger partial charge >= 0.3 is 0 Å². The van der Waals surface area contributed by atoms with Crippen LogP contribution in [0.4, 0.5) is 10.1 Å².